The topological polar surface area (TPSA) is 110 Å². The van der Waals surface area contributed by atoms with Gasteiger partial charge < -0.3 is 5.32 Å². The number of nitrogens with one attached hydrogen (secondary N) is 1. The number of hydrogen-bond donors (Lipinski definition) is 1. The molecule has 0 aliphatic rings. The zero-order valence-corrected chi connectivity index (χ0v) is 19.6. The van der Waals surface area contributed by atoms with E-state index in [0.29, 0.717) is 15.1 Å². The van der Waals surface area contributed by atoms with Gasteiger partial charge in [0.1, 0.15) is 0 Å². The van der Waals surface area contributed by atoms with Crippen molar-refractivity contribution in [1.82, 2.24) is 4.31 Å². The Kier molecular flexibility index (Phi) is 7.62. The van der Waals surface area contributed by atoms with Crippen LogP contribution in [0, 0.1) is 10.1 Å². The molecule has 3 aromatic carbocycles. The van der Waals surface area contributed by atoms with Gasteiger partial charge in [-0.25, -0.2) is 8.42 Å². The normalized spacial score (nSPS) is 11.3. The van der Waals surface area contributed by atoms with Gasteiger partial charge in [-0.05, 0) is 42.0 Å². The van der Waals surface area contributed by atoms with Crippen molar-refractivity contribution >= 4 is 54.8 Å². The Morgan fingerprint density at radius 2 is 1.75 bits per heavy atom. The van der Waals surface area contributed by atoms with Crippen LogP contribution in [0.15, 0.2) is 82.2 Å². The molecule has 166 valence electrons. The minimum absolute atomic E-state index is 0.0101. The van der Waals surface area contributed by atoms with E-state index in [1.165, 1.54) is 36.4 Å². The molecule has 1 amide bonds. The van der Waals surface area contributed by atoms with Crippen LogP contribution in [-0.2, 0) is 21.4 Å². The summed E-state index contributed by atoms with van der Waals surface area (Å²) in [5.41, 5.74) is 0.513. The number of carbonyl (C=O) groups excluding carboxylic acids is 1. The first-order chi connectivity index (χ1) is 15.2. The van der Waals surface area contributed by atoms with Gasteiger partial charge >= 0.3 is 0 Å². The molecule has 0 fully saturated rings. The van der Waals surface area contributed by atoms with Gasteiger partial charge in [0.25, 0.3) is 5.69 Å². The highest BCUT2D eigenvalue weighted by molar-refractivity contribution is 9.10. The van der Waals surface area contributed by atoms with E-state index in [1.54, 1.807) is 36.4 Å². The predicted octanol–water partition coefficient (Wildman–Crippen LogP) is 4.84. The fourth-order valence-corrected chi connectivity index (χ4v) is 4.69. The molecule has 0 radical (unpaired) electrons. The van der Waals surface area contributed by atoms with Crippen LogP contribution in [0.3, 0.4) is 0 Å². The van der Waals surface area contributed by atoms with Crippen molar-refractivity contribution in [2.24, 2.45) is 0 Å². The van der Waals surface area contributed by atoms with E-state index in [-0.39, 0.29) is 22.8 Å². The molecule has 8 nitrogen and oxygen atoms in total. The van der Waals surface area contributed by atoms with E-state index in [2.05, 4.69) is 21.2 Å². The van der Waals surface area contributed by atoms with Gasteiger partial charge in [0, 0.05) is 33.9 Å². The Balaban J connectivity index is 1.89. The molecule has 1 N–H and O–H groups in total. The minimum atomic E-state index is -4.06. The minimum Gasteiger partial charge on any atom is -0.325 e. The molecule has 0 aliphatic heterocycles. The molecule has 0 spiro atoms. The summed E-state index contributed by atoms with van der Waals surface area (Å²) in [7, 11) is -4.06. The highest BCUT2D eigenvalue weighted by Crippen LogP contribution is 2.24. The Labute approximate surface area is 198 Å². The zero-order valence-electron chi connectivity index (χ0n) is 16.4. The largest absolute Gasteiger partial charge is 0.325 e. The number of non-ortho nitro benzene ring substituents is 1. The number of sulfonamides is 1. The van der Waals surface area contributed by atoms with E-state index in [4.69, 9.17) is 11.6 Å². The third-order valence-corrected chi connectivity index (χ3v) is 7.12. The molecule has 0 unspecified atom stereocenters. The van der Waals surface area contributed by atoms with Crippen molar-refractivity contribution in [2.75, 3.05) is 11.9 Å². The lowest BCUT2D eigenvalue weighted by Crippen LogP contribution is -2.37. The SMILES string of the molecule is O=C(CN(Cc1ccccc1Cl)S(=O)(=O)c1ccc(Br)cc1)Nc1cccc([N+](=O)[O-])c1. The number of carbonyl (C=O) groups is 1. The van der Waals surface area contributed by atoms with Crippen LogP contribution in [-0.4, -0.2) is 30.1 Å². The summed E-state index contributed by atoms with van der Waals surface area (Å²) >= 11 is 9.47. The van der Waals surface area contributed by atoms with Crippen molar-refractivity contribution in [3.63, 3.8) is 0 Å². The Hall–Kier alpha value is -2.79. The summed E-state index contributed by atoms with van der Waals surface area (Å²) in [6.07, 6.45) is 0. The lowest BCUT2D eigenvalue weighted by Gasteiger charge is -2.22. The van der Waals surface area contributed by atoms with Gasteiger partial charge in [-0.15, -0.1) is 0 Å². The first-order valence-electron chi connectivity index (χ1n) is 9.20. The second-order valence-corrected chi connectivity index (χ2v) is 9.93. The monoisotopic (exact) mass is 537 g/mol. The summed E-state index contributed by atoms with van der Waals surface area (Å²) in [4.78, 5) is 23.1. The molecule has 0 saturated carbocycles. The Morgan fingerprint density at radius 1 is 1.06 bits per heavy atom. The summed E-state index contributed by atoms with van der Waals surface area (Å²) in [6, 6.07) is 18.2. The van der Waals surface area contributed by atoms with Crippen LogP contribution in [0.1, 0.15) is 5.56 Å². The van der Waals surface area contributed by atoms with Crippen molar-refractivity contribution in [2.45, 2.75) is 11.4 Å². The van der Waals surface area contributed by atoms with Crippen LogP contribution in [0.2, 0.25) is 5.02 Å². The second kappa shape index (κ2) is 10.2. The lowest BCUT2D eigenvalue weighted by atomic mass is 10.2. The molecule has 0 bridgehead atoms. The third kappa shape index (κ3) is 5.92. The number of halogens is 2. The highest BCUT2D eigenvalue weighted by atomic mass is 79.9. The van der Waals surface area contributed by atoms with E-state index < -0.39 is 27.4 Å². The van der Waals surface area contributed by atoms with Crippen molar-refractivity contribution < 1.29 is 18.1 Å². The Morgan fingerprint density at radius 3 is 2.41 bits per heavy atom. The van der Waals surface area contributed by atoms with E-state index in [0.717, 1.165) is 4.31 Å². The summed E-state index contributed by atoms with van der Waals surface area (Å²) in [5.74, 6) is -0.654. The number of nitrogens with zero attached hydrogens (tertiary/aromatic N) is 2. The summed E-state index contributed by atoms with van der Waals surface area (Å²) in [5, 5.41) is 13.8. The molecular formula is C21H17BrClN3O5S. The number of benzene rings is 3. The van der Waals surface area contributed by atoms with Gasteiger partial charge in [-0.3, -0.25) is 14.9 Å². The fourth-order valence-electron chi connectivity index (χ4n) is 2.86. The standard InChI is InChI=1S/C21H17BrClN3O5S/c22-16-8-10-19(11-9-16)32(30,31)25(13-15-4-1-2-7-20(15)23)14-21(27)24-17-5-3-6-18(12-17)26(28)29/h1-12H,13-14H2,(H,24,27). The molecule has 3 aromatic rings. The van der Waals surface area contributed by atoms with Crippen LogP contribution in [0.25, 0.3) is 0 Å². The molecule has 0 aromatic heterocycles. The number of nitro groups is 1. The zero-order chi connectivity index (χ0) is 23.3. The van der Waals surface area contributed by atoms with Crippen molar-refractivity contribution in [3.8, 4) is 0 Å². The average Bonchev–Trinajstić information content (AvgIpc) is 2.75. The van der Waals surface area contributed by atoms with Gasteiger partial charge in [-0.2, -0.15) is 4.31 Å². The molecule has 32 heavy (non-hydrogen) atoms. The maximum atomic E-state index is 13.3. The predicted molar refractivity (Wildman–Crippen MR) is 125 cm³/mol. The number of nitro benzene ring substituents is 1. The number of anilines is 1. The number of rotatable bonds is 8. The van der Waals surface area contributed by atoms with Crippen LogP contribution >= 0.6 is 27.5 Å². The maximum absolute atomic E-state index is 13.3. The molecule has 11 heteroatoms. The average molecular weight is 539 g/mol. The molecular weight excluding hydrogens is 522 g/mol. The molecule has 0 heterocycles. The van der Waals surface area contributed by atoms with Crippen LogP contribution in [0.4, 0.5) is 11.4 Å². The third-order valence-electron chi connectivity index (χ3n) is 4.42. The molecule has 3 rings (SSSR count). The molecule has 0 atom stereocenters. The maximum Gasteiger partial charge on any atom is 0.271 e. The second-order valence-electron chi connectivity index (χ2n) is 6.67. The van der Waals surface area contributed by atoms with Crippen LogP contribution in [0.5, 0.6) is 0 Å². The van der Waals surface area contributed by atoms with E-state index in [1.807, 2.05) is 0 Å². The van der Waals surface area contributed by atoms with E-state index >= 15 is 0 Å². The summed E-state index contributed by atoms with van der Waals surface area (Å²) < 4.78 is 28.3. The molecule has 0 saturated heterocycles. The summed E-state index contributed by atoms with van der Waals surface area (Å²) in [6.45, 7) is -0.660. The highest BCUT2D eigenvalue weighted by Gasteiger charge is 2.27. The number of amides is 1. The van der Waals surface area contributed by atoms with Gasteiger partial charge in [0.05, 0.1) is 16.4 Å². The Bertz CT molecular complexity index is 1250. The van der Waals surface area contributed by atoms with Crippen LogP contribution < -0.4 is 5.32 Å². The van der Waals surface area contributed by atoms with Crippen molar-refractivity contribution in [1.29, 1.82) is 0 Å². The van der Waals surface area contributed by atoms with Gasteiger partial charge in [0.15, 0.2) is 0 Å². The smallest absolute Gasteiger partial charge is 0.271 e. The van der Waals surface area contributed by atoms with Gasteiger partial charge in [-0.1, -0.05) is 51.8 Å². The lowest BCUT2D eigenvalue weighted by molar-refractivity contribution is -0.384. The fraction of sp³-hybridized carbons (Fsp3) is 0.0952. The van der Waals surface area contributed by atoms with E-state index in [9.17, 15) is 23.3 Å². The first kappa shape index (κ1) is 23.9. The first-order valence-corrected chi connectivity index (χ1v) is 11.8. The van der Waals surface area contributed by atoms with Crippen molar-refractivity contribution in [3.05, 3.63) is 98.0 Å². The quantitative estimate of drug-likeness (QED) is 0.326. The molecule has 0 aliphatic carbocycles. The number of hydrogen-bond acceptors (Lipinski definition) is 5. The van der Waals surface area contributed by atoms with Gasteiger partial charge in [0.2, 0.25) is 15.9 Å².